The summed E-state index contributed by atoms with van der Waals surface area (Å²) in [6.45, 7) is 5.15. The van der Waals surface area contributed by atoms with E-state index in [1.165, 1.54) is 4.90 Å². The number of alkyl halides is 1. The molecule has 176 valence electrons. The molecule has 32 heavy (non-hydrogen) atoms. The van der Waals surface area contributed by atoms with E-state index in [1.807, 2.05) is 0 Å². The van der Waals surface area contributed by atoms with Gasteiger partial charge in [-0.05, 0) is 33.6 Å². The maximum Gasteiger partial charge on any atom is 0.410 e. The van der Waals surface area contributed by atoms with Crippen molar-refractivity contribution in [2.45, 2.75) is 64.0 Å². The lowest BCUT2D eigenvalue weighted by molar-refractivity contribution is -0.385. The fourth-order valence-electron chi connectivity index (χ4n) is 3.19. The summed E-state index contributed by atoms with van der Waals surface area (Å²) in [7, 11) is 1.10. The Morgan fingerprint density at radius 3 is 2.34 bits per heavy atom. The fraction of sp³-hybridized carbons (Fsp3) is 0.619. The van der Waals surface area contributed by atoms with Crippen LogP contribution in [0.3, 0.4) is 0 Å². The van der Waals surface area contributed by atoms with Crippen LogP contribution in [0.2, 0.25) is 0 Å². The van der Waals surface area contributed by atoms with Crippen molar-refractivity contribution in [3.8, 4) is 11.5 Å². The van der Waals surface area contributed by atoms with E-state index in [-0.39, 0.29) is 42.7 Å². The Bertz CT molecular complexity index is 897. The number of carbonyl (C=O) groups is 2. The van der Waals surface area contributed by atoms with E-state index < -0.39 is 40.5 Å². The molecule has 1 aromatic carbocycles. The zero-order chi connectivity index (χ0) is 23.6. The van der Waals surface area contributed by atoms with Crippen LogP contribution in [0.5, 0.6) is 11.5 Å². The highest BCUT2D eigenvalue weighted by Crippen LogP contribution is 2.40. The minimum absolute atomic E-state index is 0.0151. The van der Waals surface area contributed by atoms with Crippen LogP contribution >= 0.6 is 0 Å². The Balaban J connectivity index is 1.80. The molecule has 0 unspecified atom stereocenters. The van der Waals surface area contributed by atoms with Crippen LogP contribution in [0.15, 0.2) is 12.1 Å². The highest BCUT2D eigenvalue weighted by Gasteiger charge is 2.37. The number of amides is 1. The van der Waals surface area contributed by atoms with Gasteiger partial charge in [-0.1, -0.05) is 0 Å². The van der Waals surface area contributed by atoms with Gasteiger partial charge in [0.1, 0.15) is 17.3 Å². The number of methoxy groups -OCH3 is 1. The molecule has 2 fully saturated rings. The van der Waals surface area contributed by atoms with E-state index in [0.717, 1.165) is 32.1 Å². The summed E-state index contributed by atoms with van der Waals surface area (Å²) in [4.78, 5) is 36.3. The number of benzene rings is 1. The molecule has 2 atom stereocenters. The quantitative estimate of drug-likeness (QED) is 0.363. The van der Waals surface area contributed by atoms with Crippen LogP contribution in [-0.2, 0) is 9.47 Å². The third-order valence-electron chi connectivity index (χ3n) is 4.89. The summed E-state index contributed by atoms with van der Waals surface area (Å²) in [6.07, 6.45) is -1.48. The largest absolute Gasteiger partial charge is 0.486 e. The van der Waals surface area contributed by atoms with Gasteiger partial charge in [0.25, 0.3) is 5.69 Å². The first-order chi connectivity index (χ1) is 15.0. The molecular weight excluding hydrogens is 427 g/mol. The zero-order valence-electron chi connectivity index (χ0n) is 18.5. The van der Waals surface area contributed by atoms with E-state index in [1.54, 1.807) is 20.8 Å². The number of nitro benzene ring substituents is 1. The van der Waals surface area contributed by atoms with Crippen LogP contribution in [0.1, 0.15) is 50.4 Å². The van der Waals surface area contributed by atoms with Crippen molar-refractivity contribution in [3.05, 3.63) is 27.8 Å². The molecule has 1 aromatic rings. The molecule has 1 aliphatic carbocycles. The van der Waals surface area contributed by atoms with Crippen molar-refractivity contribution in [2.75, 3.05) is 20.2 Å². The maximum atomic E-state index is 14.9. The summed E-state index contributed by atoms with van der Waals surface area (Å²) < 4.78 is 36.4. The summed E-state index contributed by atoms with van der Waals surface area (Å²) in [5.74, 6) is -0.842. The second-order valence-electron chi connectivity index (χ2n) is 8.77. The summed E-state index contributed by atoms with van der Waals surface area (Å²) in [5.41, 5.74) is -1.51. The van der Waals surface area contributed by atoms with Gasteiger partial charge in [-0.2, -0.15) is 0 Å². The first-order valence-corrected chi connectivity index (χ1v) is 10.3. The first kappa shape index (κ1) is 23.6. The normalized spacial score (nSPS) is 21.0. The molecule has 1 saturated carbocycles. The molecule has 1 heterocycles. The molecule has 11 heteroatoms. The van der Waals surface area contributed by atoms with Gasteiger partial charge < -0.3 is 23.8 Å². The Kier molecular flexibility index (Phi) is 6.75. The van der Waals surface area contributed by atoms with Crippen molar-refractivity contribution in [1.29, 1.82) is 0 Å². The molecular formula is C21H27FN2O8. The van der Waals surface area contributed by atoms with Gasteiger partial charge in [-0.25, -0.2) is 14.0 Å². The maximum absolute atomic E-state index is 14.9. The number of likely N-dealkylation sites (tertiary alicyclic amines) is 1. The Hall–Kier alpha value is -3.11. The summed E-state index contributed by atoms with van der Waals surface area (Å²) >= 11 is 0. The standard InChI is InChI=1S/C21H27FN2O8/c1-21(2,3)32-20(26)23-8-7-16(14(22)11-23)31-17-9-13(19(25)29-4)15(24(27)28)10-18(17)30-12-5-6-12/h9-10,12,14,16H,5-8,11H2,1-4H3/t14-,16-/m1/s1. The van der Waals surface area contributed by atoms with Crippen LogP contribution in [0.25, 0.3) is 0 Å². The minimum Gasteiger partial charge on any atom is -0.486 e. The highest BCUT2D eigenvalue weighted by molar-refractivity contribution is 5.95. The van der Waals surface area contributed by atoms with E-state index >= 15 is 0 Å². The predicted molar refractivity (Wildman–Crippen MR) is 110 cm³/mol. The lowest BCUT2D eigenvalue weighted by atomic mass is 10.1. The van der Waals surface area contributed by atoms with Crippen molar-refractivity contribution in [2.24, 2.45) is 0 Å². The number of nitrogens with zero attached hydrogens (tertiary/aromatic N) is 2. The lowest BCUT2D eigenvalue weighted by Crippen LogP contribution is -2.50. The Labute approximate surface area is 184 Å². The third kappa shape index (κ3) is 5.77. The topological polar surface area (TPSA) is 117 Å². The van der Waals surface area contributed by atoms with E-state index in [0.29, 0.717) is 0 Å². The molecule has 0 spiro atoms. The van der Waals surface area contributed by atoms with Crippen LogP contribution < -0.4 is 9.47 Å². The second kappa shape index (κ2) is 9.17. The molecule has 1 aliphatic heterocycles. The first-order valence-electron chi connectivity index (χ1n) is 10.3. The smallest absolute Gasteiger partial charge is 0.410 e. The second-order valence-corrected chi connectivity index (χ2v) is 8.77. The minimum atomic E-state index is -1.54. The zero-order valence-corrected chi connectivity index (χ0v) is 18.5. The molecule has 1 saturated heterocycles. The van der Waals surface area contributed by atoms with Gasteiger partial charge in [0.15, 0.2) is 17.7 Å². The lowest BCUT2D eigenvalue weighted by Gasteiger charge is -2.35. The fourth-order valence-corrected chi connectivity index (χ4v) is 3.19. The SMILES string of the molecule is COC(=O)c1cc(O[C@@H]2CCN(C(=O)OC(C)(C)C)C[C@H]2F)c(OC2CC2)cc1[N+](=O)[O-]. The number of halogens is 1. The molecule has 0 aromatic heterocycles. The molecule has 0 radical (unpaired) electrons. The van der Waals surface area contributed by atoms with E-state index in [2.05, 4.69) is 4.74 Å². The number of rotatable bonds is 6. The van der Waals surface area contributed by atoms with Crippen LogP contribution in [0.4, 0.5) is 14.9 Å². The van der Waals surface area contributed by atoms with Gasteiger partial charge in [-0.3, -0.25) is 10.1 Å². The van der Waals surface area contributed by atoms with Crippen molar-refractivity contribution in [1.82, 2.24) is 4.90 Å². The number of ether oxygens (including phenoxy) is 4. The van der Waals surface area contributed by atoms with Gasteiger partial charge in [0.2, 0.25) is 0 Å². The van der Waals surface area contributed by atoms with Crippen molar-refractivity contribution in [3.63, 3.8) is 0 Å². The number of piperidine rings is 1. The molecule has 1 amide bonds. The average Bonchev–Trinajstić information content (AvgIpc) is 3.52. The van der Waals surface area contributed by atoms with Crippen molar-refractivity contribution < 1.29 is 37.9 Å². The predicted octanol–water partition coefficient (Wildman–Crippen LogP) is 3.65. The average molecular weight is 454 g/mol. The van der Waals surface area contributed by atoms with Gasteiger partial charge in [0, 0.05) is 19.0 Å². The number of nitro groups is 1. The van der Waals surface area contributed by atoms with Gasteiger partial charge >= 0.3 is 12.1 Å². The molecule has 10 nitrogen and oxygen atoms in total. The van der Waals surface area contributed by atoms with E-state index in [9.17, 15) is 24.1 Å². The highest BCUT2D eigenvalue weighted by atomic mass is 19.1. The van der Waals surface area contributed by atoms with Crippen LogP contribution in [0, 0.1) is 10.1 Å². The molecule has 0 N–H and O–H groups in total. The number of esters is 1. The monoisotopic (exact) mass is 454 g/mol. The summed E-state index contributed by atoms with van der Waals surface area (Å²) in [5, 5.41) is 11.4. The van der Waals surface area contributed by atoms with Crippen molar-refractivity contribution >= 4 is 17.7 Å². The third-order valence-corrected chi connectivity index (χ3v) is 4.89. The number of carbonyl (C=O) groups excluding carboxylic acids is 2. The number of hydrogen-bond donors (Lipinski definition) is 0. The molecule has 3 rings (SSSR count). The van der Waals surface area contributed by atoms with Gasteiger partial charge in [-0.15, -0.1) is 0 Å². The molecule has 2 aliphatic rings. The van der Waals surface area contributed by atoms with Gasteiger partial charge in [0.05, 0.1) is 30.7 Å². The molecule has 0 bridgehead atoms. The summed E-state index contributed by atoms with van der Waals surface area (Å²) in [6, 6.07) is 2.25. The van der Waals surface area contributed by atoms with E-state index in [4.69, 9.17) is 14.2 Å². The Morgan fingerprint density at radius 1 is 1.16 bits per heavy atom. The Morgan fingerprint density at radius 2 is 1.81 bits per heavy atom. The number of hydrogen-bond acceptors (Lipinski definition) is 8. The van der Waals surface area contributed by atoms with Crippen LogP contribution in [-0.4, -0.2) is 66.1 Å².